The van der Waals surface area contributed by atoms with Gasteiger partial charge in [-0.1, -0.05) is 18.2 Å². The minimum atomic E-state index is -0.0943. The lowest BCUT2D eigenvalue weighted by Crippen LogP contribution is -2.52. The van der Waals surface area contributed by atoms with Crippen LogP contribution in [0.15, 0.2) is 11.6 Å². The third kappa shape index (κ3) is 4.20. The number of hydrogen-bond acceptors (Lipinski definition) is 3. The van der Waals surface area contributed by atoms with E-state index >= 15 is 0 Å². The van der Waals surface area contributed by atoms with Crippen molar-refractivity contribution in [3.8, 4) is 0 Å². The van der Waals surface area contributed by atoms with Crippen LogP contribution in [0.4, 0.5) is 0 Å². The van der Waals surface area contributed by atoms with Gasteiger partial charge in [-0.3, -0.25) is 9.69 Å². The first-order valence-corrected chi connectivity index (χ1v) is 5.55. The molecule has 0 bridgehead atoms. The Balaban J connectivity index is 2.33. The summed E-state index contributed by atoms with van der Waals surface area (Å²) in [5, 5.41) is 6.45. The maximum absolute atomic E-state index is 11.7. The average molecular weight is 232 g/mol. The van der Waals surface area contributed by atoms with Crippen molar-refractivity contribution in [1.29, 1.82) is 0 Å². The molecule has 15 heavy (non-hydrogen) atoms. The molecule has 2 N–H and O–H groups in total. The predicted octanol–water partition coefficient (Wildman–Crippen LogP) is 0.149. The highest BCUT2D eigenvalue weighted by atomic mass is 35.5. The third-order valence-corrected chi connectivity index (χ3v) is 2.67. The van der Waals surface area contributed by atoms with Crippen molar-refractivity contribution in [1.82, 2.24) is 15.5 Å². The fourth-order valence-electron chi connectivity index (χ4n) is 1.57. The van der Waals surface area contributed by atoms with E-state index in [0.29, 0.717) is 11.6 Å². The van der Waals surface area contributed by atoms with E-state index < -0.39 is 0 Å². The van der Waals surface area contributed by atoms with Gasteiger partial charge in [0.25, 0.3) is 0 Å². The van der Waals surface area contributed by atoms with Crippen molar-refractivity contribution in [2.75, 3.05) is 32.7 Å². The first-order valence-electron chi connectivity index (χ1n) is 5.17. The second kappa shape index (κ2) is 6.10. The molecule has 1 unspecified atom stereocenters. The zero-order chi connectivity index (χ0) is 11.3. The predicted molar refractivity (Wildman–Crippen MR) is 61.9 cm³/mol. The Labute approximate surface area is 95.7 Å². The molecule has 1 fully saturated rings. The number of nitrogens with zero attached hydrogens (tertiary/aromatic N) is 1. The fraction of sp³-hybridized carbons (Fsp3) is 0.700. The summed E-state index contributed by atoms with van der Waals surface area (Å²) in [6, 6.07) is -0.0943. The Kier molecular flexibility index (Phi) is 5.08. The molecule has 0 aromatic rings. The Morgan fingerprint density at radius 2 is 2.20 bits per heavy atom. The monoisotopic (exact) mass is 231 g/mol. The largest absolute Gasteiger partial charge is 0.350 e. The summed E-state index contributed by atoms with van der Waals surface area (Å²) in [6.45, 7) is 9.50. The van der Waals surface area contributed by atoms with E-state index in [1.54, 1.807) is 0 Å². The highest BCUT2D eigenvalue weighted by Crippen LogP contribution is 2.01. The van der Waals surface area contributed by atoms with Gasteiger partial charge >= 0.3 is 0 Å². The van der Waals surface area contributed by atoms with Crippen LogP contribution in [0.1, 0.15) is 6.92 Å². The summed E-state index contributed by atoms with van der Waals surface area (Å²) in [5.41, 5.74) is 0. The summed E-state index contributed by atoms with van der Waals surface area (Å²) >= 11 is 5.58. The van der Waals surface area contributed by atoms with Gasteiger partial charge in [0.15, 0.2) is 0 Å². The lowest BCUT2D eigenvalue weighted by Gasteiger charge is -2.31. The molecule has 4 nitrogen and oxygen atoms in total. The first-order chi connectivity index (χ1) is 7.11. The molecule has 1 atom stereocenters. The number of carbonyl (C=O) groups excluding carboxylic acids is 1. The third-order valence-electron chi connectivity index (χ3n) is 2.53. The average Bonchev–Trinajstić information content (AvgIpc) is 2.26. The molecule has 1 rings (SSSR count). The van der Waals surface area contributed by atoms with E-state index in [4.69, 9.17) is 11.6 Å². The smallest absolute Gasteiger partial charge is 0.237 e. The van der Waals surface area contributed by atoms with Crippen LogP contribution in [-0.4, -0.2) is 49.6 Å². The van der Waals surface area contributed by atoms with Crippen molar-refractivity contribution >= 4 is 17.5 Å². The molecular formula is C10H18ClN3O. The van der Waals surface area contributed by atoms with Crippen molar-refractivity contribution in [3.63, 3.8) is 0 Å². The van der Waals surface area contributed by atoms with Gasteiger partial charge in [-0.25, -0.2) is 0 Å². The van der Waals surface area contributed by atoms with Gasteiger partial charge in [-0.05, 0) is 6.92 Å². The minimum absolute atomic E-state index is 0.0127. The van der Waals surface area contributed by atoms with Crippen LogP contribution in [0.25, 0.3) is 0 Å². The zero-order valence-corrected chi connectivity index (χ0v) is 9.81. The number of carbonyl (C=O) groups is 1. The van der Waals surface area contributed by atoms with Crippen LogP contribution in [0, 0.1) is 0 Å². The van der Waals surface area contributed by atoms with Crippen LogP contribution >= 0.6 is 11.6 Å². The second-order valence-corrected chi connectivity index (χ2v) is 4.23. The number of hydrogen-bond donors (Lipinski definition) is 2. The highest BCUT2D eigenvalue weighted by Gasteiger charge is 2.22. The normalized spacial score (nSPS) is 19.6. The second-order valence-electron chi connectivity index (χ2n) is 3.70. The molecule has 1 amide bonds. The molecule has 1 heterocycles. The lowest BCUT2D eigenvalue weighted by molar-refractivity contribution is -0.125. The molecule has 0 aromatic carbocycles. The number of rotatable bonds is 4. The van der Waals surface area contributed by atoms with Gasteiger partial charge in [0.1, 0.15) is 0 Å². The van der Waals surface area contributed by atoms with Gasteiger partial charge < -0.3 is 10.6 Å². The van der Waals surface area contributed by atoms with Crippen molar-refractivity contribution in [3.05, 3.63) is 11.6 Å². The molecule has 0 saturated carbocycles. The molecule has 0 spiro atoms. The molecular weight excluding hydrogens is 214 g/mol. The lowest BCUT2D eigenvalue weighted by atomic mass is 10.2. The molecule has 86 valence electrons. The number of piperazine rings is 1. The summed E-state index contributed by atoms with van der Waals surface area (Å²) in [6.07, 6.45) is 0. The molecule has 1 aliphatic heterocycles. The Morgan fingerprint density at radius 1 is 1.60 bits per heavy atom. The van der Waals surface area contributed by atoms with Gasteiger partial charge in [0.05, 0.1) is 12.6 Å². The van der Waals surface area contributed by atoms with Gasteiger partial charge in [0, 0.05) is 31.2 Å². The standard InChI is InChI=1S/C10H18ClN3O/c1-8(11)7-13-10(15)9(2)14-5-3-12-4-6-14/h9,12H,1,3-7H2,2H3,(H,13,15). The zero-order valence-electron chi connectivity index (χ0n) is 9.05. The maximum Gasteiger partial charge on any atom is 0.237 e. The molecule has 0 aliphatic carbocycles. The summed E-state index contributed by atoms with van der Waals surface area (Å²) in [5.74, 6) is 0.0127. The van der Waals surface area contributed by atoms with Crippen LogP contribution in [0.5, 0.6) is 0 Å². The van der Waals surface area contributed by atoms with Crippen molar-refractivity contribution in [2.45, 2.75) is 13.0 Å². The van der Waals surface area contributed by atoms with Crippen LogP contribution in [0.3, 0.4) is 0 Å². The van der Waals surface area contributed by atoms with E-state index in [2.05, 4.69) is 22.1 Å². The minimum Gasteiger partial charge on any atom is -0.350 e. The fourth-order valence-corrected chi connectivity index (χ4v) is 1.63. The summed E-state index contributed by atoms with van der Waals surface area (Å²) in [4.78, 5) is 13.8. The molecule has 0 radical (unpaired) electrons. The molecule has 1 aliphatic rings. The van der Waals surface area contributed by atoms with E-state index in [0.717, 1.165) is 26.2 Å². The Hall–Kier alpha value is -0.580. The Bertz CT molecular complexity index is 239. The first kappa shape index (κ1) is 12.5. The van der Waals surface area contributed by atoms with Crippen molar-refractivity contribution in [2.24, 2.45) is 0 Å². The molecule has 1 saturated heterocycles. The van der Waals surface area contributed by atoms with Crippen molar-refractivity contribution < 1.29 is 4.79 Å². The maximum atomic E-state index is 11.7. The SMILES string of the molecule is C=C(Cl)CNC(=O)C(C)N1CCNCC1. The van der Waals surface area contributed by atoms with Crippen LogP contribution < -0.4 is 10.6 Å². The number of nitrogens with one attached hydrogen (secondary N) is 2. The molecule has 5 heteroatoms. The quantitative estimate of drug-likeness (QED) is 0.724. The van der Waals surface area contributed by atoms with Crippen LogP contribution in [-0.2, 0) is 4.79 Å². The molecule has 0 aromatic heterocycles. The Morgan fingerprint density at radius 3 is 2.73 bits per heavy atom. The number of halogens is 1. The highest BCUT2D eigenvalue weighted by molar-refractivity contribution is 6.29. The number of amides is 1. The van der Waals surface area contributed by atoms with Gasteiger partial charge in [-0.15, -0.1) is 0 Å². The van der Waals surface area contributed by atoms with E-state index in [-0.39, 0.29) is 11.9 Å². The van der Waals surface area contributed by atoms with E-state index in [9.17, 15) is 4.79 Å². The summed E-state index contributed by atoms with van der Waals surface area (Å²) < 4.78 is 0. The van der Waals surface area contributed by atoms with Gasteiger partial charge in [-0.2, -0.15) is 0 Å². The van der Waals surface area contributed by atoms with Crippen LogP contribution in [0.2, 0.25) is 0 Å². The topological polar surface area (TPSA) is 44.4 Å². The van der Waals surface area contributed by atoms with E-state index in [1.807, 2.05) is 6.92 Å². The van der Waals surface area contributed by atoms with E-state index in [1.165, 1.54) is 0 Å². The van der Waals surface area contributed by atoms with Gasteiger partial charge in [0.2, 0.25) is 5.91 Å². The summed E-state index contributed by atoms with van der Waals surface area (Å²) in [7, 11) is 0.